The van der Waals surface area contributed by atoms with Gasteiger partial charge in [0.05, 0.1) is 0 Å². The summed E-state index contributed by atoms with van der Waals surface area (Å²) in [5.74, 6) is 0.897. The van der Waals surface area contributed by atoms with Crippen molar-refractivity contribution < 1.29 is 4.79 Å². The number of nitrogens with two attached hydrogens (primary N) is 1. The van der Waals surface area contributed by atoms with E-state index >= 15 is 0 Å². The van der Waals surface area contributed by atoms with Crippen molar-refractivity contribution >= 4 is 5.91 Å². The molecule has 3 nitrogen and oxygen atoms in total. The summed E-state index contributed by atoms with van der Waals surface area (Å²) in [4.78, 5) is 12.5. The van der Waals surface area contributed by atoms with Crippen LogP contribution in [0.25, 0.3) is 0 Å². The molecule has 0 aromatic carbocycles. The van der Waals surface area contributed by atoms with Gasteiger partial charge in [-0.25, -0.2) is 0 Å². The lowest BCUT2D eigenvalue weighted by atomic mass is 9.78. The van der Waals surface area contributed by atoms with E-state index in [1.54, 1.807) is 0 Å². The van der Waals surface area contributed by atoms with Crippen molar-refractivity contribution in [3.63, 3.8) is 0 Å². The Hall–Kier alpha value is -0.570. The summed E-state index contributed by atoms with van der Waals surface area (Å²) in [7, 11) is 0. The molecule has 0 heterocycles. The summed E-state index contributed by atoms with van der Waals surface area (Å²) in [5.41, 5.74) is 6.05. The van der Waals surface area contributed by atoms with Crippen LogP contribution in [0.15, 0.2) is 0 Å². The molecule has 1 amide bonds. The first-order chi connectivity index (χ1) is 9.66. The summed E-state index contributed by atoms with van der Waals surface area (Å²) in [6.45, 7) is 2.10. The third kappa shape index (κ3) is 4.76. The normalized spacial score (nSPS) is 31.1. The molecule has 116 valence electrons. The van der Waals surface area contributed by atoms with Crippen molar-refractivity contribution in [1.29, 1.82) is 0 Å². The zero-order valence-corrected chi connectivity index (χ0v) is 13.1. The van der Waals surface area contributed by atoms with Gasteiger partial charge in [0.1, 0.15) is 0 Å². The van der Waals surface area contributed by atoms with Gasteiger partial charge in [-0.2, -0.15) is 0 Å². The monoisotopic (exact) mass is 280 g/mol. The van der Waals surface area contributed by atoms with Crippen LogP contribution < -0.4 is 11.1 Å². The molecular weight excluding hydrogens is 248 g/mol. The molecule has 3 N–H and O–H groups in total. The third-order valence-corrected chi connectivity index (χ3v) is 5.33. The van der Waals surface area contributed by atoms with Crippen LogP contribution in [0.5, 0.6) is 0 Å². The second-order valence-electron chi connectivity index (χ2n) is 7.03. The molecule has 0 saturated heterocycles. The molecule has 20 heavy (non-hydrogen) atoms. The van der Waals surface area contributed by atoms with Crippen LogP contribution in [0.3, 0.4) is 0 Å². The molecule has 0 radical (unpaired) electrons. The van der Waals surface area contributed by atoms with Crippen LogP contribution in [-0.2, 0) is 4.79 Å². The van der Waals surface area contributed by atoms with Gasteiger partial charge in [0.15, 0.2) is 0 Å². The Bertz CT molecular complexity index is 297. The lowest BCUT2D eigenvalue weighted by Gasteiger charge is -2.31. The number of rotatable bonds is 3. The van der Waals surface area contributed by atoms with Crippen molar-refractivity contribution in [2.24, 2.45) is 17.6 Å². The van der Waals surface area contributed by atoms with Crippen molar-refractivity contribution in [3.05, 3.63) is 0 Å². The van der Waals surface area contributed by atoms with E-state index in [1.807, 2.05) is 0 Å². The average Bonchev–Trinajstić information content (AvgIpc) is 2.40. The molecule has 2 aliphatic rings. The van der Waals surface area contributed by atoms with Crippen LogP contribution in [-0.4, -0.2) is 18.0 Å². The largest absolute Gasteiger partial charge is 0.353 e. The molecule has 2 saturated carbocycles. The number of amides is 1. The SMILES string of the molecule is CC(C(=O)NC1CCCCCCC1)C1CCCC(N)C1. The number of carbonyl (C=O) groups is 1. The first-order valence-corrected chi connectivity index (χ1v) is 8.72. The lowest BCUT2D eigenvalue weighted by molar-refractivity contribution is -0.127. The minimum atomic E-state index is 0.131. The Kier molecular flexibility index (Phi) is 6.34. The maximum atomic E-state index is 12.5. The Morgan fingerprint density at radius 1 is 1.00 bits per heavy atom. The van der Waals surface area contributed by atoms with Crippen molar-refractivity contribution in [1.82, 2.24) is 5.32 Å². The summed E-state index contributed by atoms with van der Waals surface area (Å²) < 4.78 is 0. The fourth-order valence-electron chi connectivity index (χ4n) is 3.87. The molecule has 0 aromatic heterocycles. The molecule has 0 bridgehead atoms. The summed E-state index contributed by atoms with van der Waals surface area (Å²) in [5, 5.41) is 3.32. The van der Waals surface area contributed by atoms with E-state index in [1.165, 1.54) is 57.8 Å². The third-order valence-electron chi connectivity index (χ3n) is 5.33. The summed E-state index contributed by atoms with van der Waals surface area (Å²) in [6, 6.07) is 0.730. The highest BCUT2D eigenvalue weighted by Crippen LogP contribution is 2.29. The van der Waals surface area contributed by atoms with Gasteiger partial charge in [-0.15, -0.1) is 0 Å². The van der Waals surface area contributed by atoms with Gasteiger partial charge in [0.25, 0.3) is 0 Å². The summed E-state index contributed by atoms with van der Waals surface area (Å²) in [6.07, 6.45) is 13.4. The van der Waals surface area contributed by atoms with Crippen molar-refractivity contribution in [2.75, 3.05) is 0 Å². The number of carbonyl (C=O) groups excluding carboxylic acids is 1. The Morgan fingerprint density at radius 2 is 1.65 bits per heavy atom. The van der Waals surface area contributed by atoms with Crippen LogP contribution in [0, 0.1) is 11.8 Å². The second-order valence-corrected chi connectivity index (χ2v) is 7.03. The van der Waals surface area contributed by atoms with Crippen molar-refractivity contribution in [3.8, 4) is 0 Å². The molecule has 2 aliphatic carbocycles. The van der Waals surface area contributed by atoms with E-state index in [2.05, 4.69) is 12.2 Å². The molecule has 0 aromatic rings. The zero-order valence-electron chi connectivity index (χ0n) is 13.1. The maximum Gasteiger partial charge on any atom is 0.223 e. The van der Waals surface area contributed by atoms with Crippen LogP contribution in [0.2, 0.25) is 0 Å². The summed E-state index contributed by atoms with van der Waals surface area (Å²) >= 11 is 0. The quantitative estimate of drug-likeness (QED) is 0.833. The van der Waals surface area contributed by atoms with E-state index in [9.17, 15) is 4.79 Å². The molecule has 3 unspecified atom stereocenters. The molecule has 0 spiro atoms. The highest BCUT2D eigenvalue weighted by atomic mass is 16.1. The fraction of sp³-hybridized carbons (Fsp3) is 0.941. The minimum absolute atomic E-state index is 0.131. The van der Waals surface area contributed by atoms with Gasteiger partial charge in [0, 0.05) is 18.0 Å². The van der Waals surface area contributed by atoms with Gasteiger partial charge in [-0.05, 0) is 38.0 Å². The van der Waals surface area contributed by atoms with Gasteiger partial charge in [0.2, 0.25) is 5.91 Å². The van der Waals surface area contributed by atoms with Crippen LogP contribution in [0.4, 0.5) is 0 Å². The molecule has 0 aliphatic heterocycles. The number of nitrogens with one attached hydrogen (secondary N) is 1. The predicted octanol–water partition coefficient (Wildman–Crippen LogP) is 3.37. The van der Waals surface area contributed by atoms with Gasteiger partial charge >= 0.3 is 0 Å². The Morgan fingerprint density at radius 3 is 2.30 bits per heavy atom. The van der Waals surface area contributed by atoms with E-state index in [0.717, 1.165) is 12.8 Å². The number of hydrogen-bond acceptors (Lipinski definition) is 2. The predicted molar refractivity (Wildman–Crippen MR) is 83.3 cm³/mol. The van der Waals surface area contributed by atoms with E-state index in [4.69, 9.17) is 5.73 Å². The van der Waals surface area contributed by atoms with Gasteiger partial charge in [-0.1, -0.05) is 45.4 Å². The molecule has 3 heteroatoms. The smallest absolute Gasteiger partial charge is 0.223 e. The first kappa shape index (κ1) is 15.8. The highest BCUT2D eigenvalue weighted by Gasteiger charge is 2.29. The van der Waals surface area contributed by atoms with Gasteiger partial charge in [-0.3, -0.25) is 4.79 Å². The maximum absolute atomic E-state index is 12.5. The second kappa shape index (κ2) is 8.02. The van der Waals surface area contributed by atoms with Crippen LogP contribution in [0.1, 0.15) is 77.6 Å². The van der Waals surface area contributed by atoms with E-state index < -0.39 is 0 Å². The minimum Gasteiger partial charge on any atom is -0.353 e. The molecule has 3 atom stereocenters. The highest BCUT2D eigenvalue weighted by molar-refractivity contribution is 5.78. The van der Waals surface area contributed by atoms with Crippen molar-refractivity contribution in [2.45, 2.75) is 89.6 Å². The standard InChI is InChI=1S/C17H32N2O/c1-13(14-8-7-9-15(18)12-14)17(20)19-16-10-5-3-2-4-6-11-16/h13-16H,2-12,18H2,1H3,(H,19,20). The van der Waals surface area contributed by atoms with E-state index in [-0.39, 0.29) is 11.8 Å². The topological polar surface area (TPSA) is 55.1 Å². The van der Waals surface area contributed by atoms with Crippen LogP contribution >= 0.6 is 0 Å². The number of hydrogen-bond donors (Lipinski definition) is 2. The molecular formula is C17H32N2O. The molecule has 2 fully saturated rings. The van der Waals surface area contributed by atoms with E-state index in [0.29, 0.717) is 18.0 Å². The zero-order chi connectivity index (χ0) is 14.4. The van der Waals surface area contributed by atoms with Gasteiger partial charge < -0.3 is 11.1 Å². The molecule has 2 rings (SSSR count). The lowest BCUT2D eigenvalue weighted by Crippen LogP contribution is -2.42. The first-order valence-electron chi connectivity index (χ1n) is 8.72. The Labute approximate surface area is 124 Å². The fourth-order valence-corrected chi connectivity index (χ4v) is 3.87. The Balaban J connectivity index is 1.80. The average molecular weight is 280 g/mol.